The van der Waals surface area contributed by atoms with Crippen LogP contribution in [0.2, 0.25) is 0 Å². The quantitative estimate of drug-likeness (QED) is 0.607. The lowest BCUT2D eigenvalue weighted by molar-refractivity contribution is -0.384. The molecular formula is C21H24N4O3. The summed E-state index contributed by atoms with van der Waals surface area (Å²) in [5.74, 6) is 0. The van der Waals surface area contributed by atoms with E-state index in [2.05, 4.69) is 36.2 Å². The SMILES string of the molecule is CC1CN(Cc2ccc(CNc3ccc(C#N)cc3[N+](=O)[O-])cc2)CC(C)O1. The molecule has 1 aliphatic rings. The number of nitrogens with zero attached hydrogens (tertiary/aromatic N) is 3. The van der Waals surface area contributed by atoms with Gasteiger partial charge in [-0.2, -0.15) is 5.26 Å². The van der Waals surface area contributed by atoms with Crippen molar-refractivity contribution in [1.82, 2.24) is 4.90 Å². The van der Waals surface area contributed by atoms with Crippen LogP contribution >= 0.6 is 0 Å². The molecule has 3 rings (SSSR count). The Bertz CT molecular complexity index is 866. The minimum absolute atomic E-state index is 0.0915. The molecule has 1 aliphatic heterocycles. The van der Waals surface area contributed by atoms with E-state index in [0.717, 1.165) is 25.2 Å². The van der Waals surface area contributed by atoms with Gasteiger partial charge in [0.25, 0.3) is 5.69 Å². The average molecular weight is 380 g/mol. The van der Waals surface area contributed by atoms with Crippen molar-refractivity contribution in [3.63, 3.8) is 0 Å². The Kier molecular flexibility index (Phi) is 6.24. The van der Waals surface area contributed by atoms with Crippen molar-refractivity contribution in [2.75, 3.05) is 18.4 Å². The molecule has 2 atom stereocenters. The summed E-state index contributed by atoms with van der Waals surface area (Å²) in [6, 6.07) is 14.6. The second-order valence-electron chi connectivity index (χ2n) is 7.22. The zero-order valence-corrected chi connectivity index (χ0v) is 16.1. The number of nitriles is 1. The van der Waals surface area contributed by atoms with Crippen LogP contribution in [0.25, 0.3) is 0 Å². The second-order valence-corrected chi connectivity index (χ2v) is 7.22. The lowest BCUT2D eigenvalue weighted by Crippen LogP contribution is -2.44. The van der Waals surface area contributed by atoms with Gasteiger partial charge in [0.2, 0.25) is 0 Å². The van der Waals surface area contributed by atoms with Crippen LogP contribution < -0.4 is 5.32 Å². The average Bonchev–Trinajstić information content (AvgIpc) is 2.66. The fourth-order valence-electron chi connectivity index (χ4n) is 3.53. The third-order valence-corrected chi connectivity index (χ3v) is 4.73. The minimum atomic E-state index is -0.476. The first-order valence-corrected chi connectivity index (χ1v) is 9.32. The van der Waals surface area contributed by atoms with Crippen molar-refractivity contribution in [3.8, 4) is 6.07 Å². The zero-order chi connectivity index (χ0) is 20.1. The van der Waals surface area contributed by atoms with E-state index in [-0.39, 0.29) is 23.5 Å². The first-order chi connectivity index (χ1) is 13.4. The number of morpholine rings is 1. The number of nitrogens with one attached hydrogen (secondary N) is 1. The van der Waals surface area contributed by atoms with Crippen molar-refractivity contribution < 1.29 is 9.66 Å². The van der Waals surface area contributed by atoms with Gasteiger partial charge < -0.3 is 10.1 Å². The zero-order valence-electron chi connectivity index (χ0n) is 16.1. The molecule has 2 unspecified atom stereocenters. The van der Waals surface area contributed by atoms with Crippen LogP contribution in [0.5, 0.6) is 0 Å². The highest BCUT2D eigenvalue weighted by Crippen LogP contribution is 2.26. The van der Waals surface area contributed by atoms with Gasteiger partial charge in [-0.1, -0.05) is 24.3 Å². The highest BCUT2D eigenvalue weighted by atomic mass is 16.6. The maximum Gasteiger partial charge on any atom is 0.293 e. The van der Waals surface area contributed by atoms with Gasteiger partial charge in [0.15, 0.2) is 0 Å². The molecule has 0 aromatic heterocycles. The molecular weight excluding hydrogens is 356 g/mol. The molecule has 0 radical (unpaired) electrons. The molecule has 0 saturated carbocycles. The molecule has 2 aromatic rings. The van der Waals surface area contributed by atoms with E-state index in [1.165, 1.54) is 11.6 Å². The van der Waals surface area contributed by atoms with Crippen LogP contribution in [0, 0.1) is 21.4 Å². The number of hydrogen-bond donors (Lipinski definition) is 1. The first kappa shape index (κ1) is 19.8. The Labute approximate surface area is 164 Å². The largest absolute Gasteiger partial charge is 0.375 e. The van der Waals surface area contributed by atoms with E-state index in [0.29, 0.717) is 12.2 Å². The molecule has 0 amide bonds. The fourth-order valence-corrected chi connectivity index (χ4v) is 3.53. The number of ether oxygens (including phenoxy) is 1. The molecule has 146 valence electrons. The van der Waals surface area contributed by atoms with Gasteiger partial charge in [0.05, 0.1) is 28.8 Å². The predicted octanol–water partition coefficient (Wildman–Crippen LogP) is 3.69. The highest BCUT2D eigenvalue weighted by Gasteiger charge is 2.22. The molecule has 2 aromatic carbocycles. The van der Waals surface area contributed by atoms with Crippen LogP contribution in [0.3, 0.4) is 0 Å². The van der Waals surface area contributed by atoms with Crippen LogP contribution in [0.1, 0.15) is 30.5 Å². The molecule has 0 bridgehead atoms. The van der Waals surface area contributed by atoms with Crippen molar-refractivity contribution >= 4 is 11.4 Å². The van der Waals surface area contributed by atoms with Gasteiger partial charge in [0, 0.05) is 32.2 Å². The Morgan fingerprint density at radius 1 is 1.18 bits per heavy atom. The van der Waals surface area contributed by atoms with Crippen molar-refractivity contribution in [2.24, 2.45) is 0 Å². The topological polar surface area (TPSA) is 91.4 Å². The van der Waals surface area contributed by atoms with E-state index in [9.17, 15) is 10.1 Å². The lowest BCUT2D eigenvalue weighted by Gasteiger charge is -2.35. The standard InChI is InChI=1S/C21H24N4O3/c1-15-12-24(13-16(2)28-15)14-18-5-3-17(4-6-18)11-23-20-8-7-19(10-22)9-21(20)25(26)27/h3-9,15-16,23H,11-14H2,1-2H3. The first-order valence-electron chi connectivity index (χ1n) is 9.32. The minimum Gasteiger partial charge on any atom is -0.375 e. The number of hydrogen-bond acceptors (Lipinski definition) is 6. The van der Waals surface area contributed by atoms with Crippen LogP contribution in [-0.4, -0.2) is 35.1 Å². The molecule has 1 saturated heterocycles. The number of rotatable bonds is 6. The predicted molar refractivity (Wildman–Crippen MR) is 107 cm³/mol. The smallest absolute Gasteiger partial charge is 0.293 e. The summed E-state index contributed by atoms with van der Waals surface area (Å²) in [5.41, 5.74) is 2.85. The maximum atomic E-state index is 11.2. The molecule has 0 spiro atoms. The normalized spacial score (nSPS) is 19.8. The molecule has 1 N–H and O–H groups in total. The molecule has 1 heterocycles. The number of anilines is 1. The van der Waals surface area contributed by atoms with Gasteiger partial charge >= 0.3 is 0 Å². The summed E-state index contributed by atoms with van der Waals surface area (Å²) in [4.78, 5) is 13.1. The van der Waals surface area contributed by atoms with Crippen LogP contribution in [-0.2, 0) is 17.8 Å². The third kappa shape index (κ3) is 5.06. The van der Waals surface area contributed by atoms with Gasteiger partial charge in [-0.15, -0.1) is 0 Å². The van der Waals surface area contributed by atoms with E-state index in [4.69, 9.17) is 10.00 Å². The van der Waals surface area contributed by atoms with Crippen molar-refractivity contribution in [3.05, 3.63) is 69.3 Å². The van der Waals surface area contributed by atoms with Gasteiger partial charge in [-0.3, -0.25) is 15.0 Å². The summed E-state index contributed by atoms with van der Waals surface area (Å²) >= 11 is 0. The van der Waals surface area contributed by atoms with Gasteiger partial charge in [0.1, 0.15) is 5.69 Å². The summed E-state index contributed by atoms with van der Waals surface area (Å²) < 4.78 is 5.77. The van der Waals surface area contributed by atoms with Crippen LogP contribution in [0.4, 0.5) is 11.4 Å². The third-order valence-electron chi connectivity index (χ3n) is 4.73. The van der Waals surface area contributed by atoms with Gasteiger partial charge in [-0.05, 0) is 37.1 Å². The number of benzene rings is 2. The molecule has 7 nitrogen and oxygen atoms in total. The molecule has 28 heavy (non-hydrogen) atoms. The second kappa shape index (κ2) is 8.83. The highest BCUT2D eigenvalue weighted by molar-refractivity contribution is 5.64. The summed E-state index contributed by atoms with van der Waals surface area (Å²) in [6.45, 7) is 7.40. The Morgan fingerprint density at radius 3 is 2.43 bits per heavy atom. The number of nitro benzene ring substituents is 1. The van der Waals surface area contributed by atoms with Gasteiger partial charge in [-0.25, -0.2) is 0 Å². The summed E-state index contributed by atoms with van der Waals surface area (Å²) in [6.07, 6.45) is 0.492. The van der Waals surface area contributed by atoms with Crippen LogP contribution in [0.15, 0.2) is 42.5 Å². The Morgan fingerprint density at radius 2 is 1.82 bits per heavy atom. The fraction of sp³-hybridized carbons (Fsp3) is 0.381. The summed E-state index contributed by atoms with van der Waals surface area (Å²) in [7, 11) is 0. The Balaban J connectivity index is 1.61. The molecule has 1 fully saturated rings. The van der Waals surface area contributed by atoms with E-state index in [1.54, 1.807) is 12.1 Å². The van der Waals surface area contributed by atoms with E-state index < -0.39 is 4.92 Å². The van der Waals surface area contributed by atoms with E-state index in [1.807, 2.05) is 18.2 Å². The number of nitro groups is 1. The lowest BCUT2D eigenvalue weighted by atomic mass is 10.1. The van der Waals surface area contributed by atoms with E-state index >= 15 is 0 Å². The monoisotopic (exact) mass is 380 g/mol. The maximum absolute atomic E-state index is 11.2. The van der Waals surface area contributed by atoms with Crippen molar-refractivity contribution in [1.29, 1.82) is 5.26 Å². The summed E-state index contributed by atoms with van der Waals surface area (Å²) in [5, 5.41) is 23.2. The van der Waals surface area contributed by atoms with Crippen molar-refractivity contribution in [2.45, 2.75) is 39.1 Å². The molecule has 0 aliphatic carbocycles. The Hall–Kier alpha value is -2.95. The molecule has 7 heteroatoms.